The molecule has 0 fully saturated rings. The fraction of sp³-hybridized carbons (Fsp3) is 0.455. The van der Waals surface area contributed by atoms with Crippen molar-refractivity contribution in [1.82, 2.24) is 4.98 Å². The molecule has 3 heteroatoms. The molecular formula is C11H14N2O. The van der Waals surface area contributed by atoms with E-state index >= 15 is 0 Å². The molecule has 2 heterocycles. The molecule has 0 spiro atoms. The predicted molar refractivity (Wildman–Crippen MR) is 55.0 cm³/mol. The lowest BCUT2D eigenvalue weighted by Crippen LogP contribution is -2.20. The van der Waals surface area contributed by atoms with Gasteiger partial charge in [-0.2, -0.15) is 0 Å². The van der Waals surface area contributed by atoms with E-state index in [1.165, 1.54) is 0 Å². The van der Waals surface area contributed by atoms with Crippen molar-refractivity contribution in [2.45, 2.75) is 26.7 Å². The topological polar surface area (TPSA) is 42.0 Å². The highest BCUT2D eigenvalue weighted by Gasteiger charge is 2.27. The van der Waals surface area contributed by atoms with Crippen molar-refractivity contribution < 1.29 is 4.79 Å². The van der Waals surface area contributed by atoms with E-state index in [4.69, 9.17) is 0 Å². The zero-order chi connectivity index (χ0) is 10.2. The highest BCUT2D eigenvalue weighted by molar-refractivity contribution is 5.92. The number of amides is 1. The predicted octanol–water partition coefficient (Wildman–Crippen LogP) is 1.99. The molecule has 0 aromatic carbocycles. The van der Waals surface area contributed by atoms with E-state index in [0.717, 1.165) is 17.8 Å². The molecular weight excluding hydrogens is 176 g/mol. The van der Waals surface area contributed by atoms with Crippen LogP contribution in [0, 0.1) is 5.41 Å². The van der Waals surface area contributed by atoms with E-state index < -0.39 is 0 Å². The molecule has 3 nitrogen and oxygen atoms in total. The first-order chi connectivity index (χ1) is 6.57. The number of aromatic nitrogens is 1. The Labute approximate surface area is 83.5 Å². The molecule has 0 aliphatic carbocycles. The van der Waals surface area contributed by atoms with Crippen LogP contribution in [0.4, 0.5) is 5.69 Å². The number of fused-ring (bicyclic) bond motifs is 1. The molecule has 0 radical (unpaired) electrons. The third-order valence-electron chi connectivity index (χ3n) is 2.45. The van der Waals surface area contributed by atoms with Crippen molar-refractivity contribution in [2.75, 3.05) is 5.32 Å². The Hall–Kier alpha value is -1.38. The van der Waals surface area contributed by atoms with E-state index in [1.54, 1.807) is 6.20 Å². The molecule has 1 aromatic heterocycles. The van der Waals surface area contributed by atoms with Crippen molar-refractivity contribution in [3.05, 3.63) is 24.0 Å². The van der Waals surface area contributed by atoms with E-state index in [9.17, 15) is 4.79 Å². The molecule has 14 heavy (non-hydrogen) atoms. The number of nitrogens with zero attached hydrogens (tertiary/aromatic N) is 1. The fourth-order valence-electron chi connectivity index (χ4n) is 1.84. The molecule has 1 aromatic rings. The minimum absolute atomic E-state index is 0.00366. The summed E-state index contributed by atoms with van der Waals surface area (Å²) in [6, 6.07) is 3.75. The molecule has 0 unspecified atom stereocenters. The molecule has 1 aliphatic heterocycles. The van der Waals surface area contributed by atoms with E-state index in [0.29, 0.717) is 6.42 Å². The van der Waals surface area contributed by atoms with Crippen LogP contribution in [0.5, 0.6) is 0 Å². The van der Waals surface area contributed by atoms with E-state index in [2.05, 4.69) is 24.1 Å². The summed E-state index contributed by atoms with van der Waals surface area (Å²) in [4.78, 5) is 15.8. The van der Waals surface area contributed by atoms with Crippen LogP contribution in [0.15, 0.2) is 18.3 Å². The van der Waals surface area contributed by atoms with Crippen LogP contribution in [0.2, 0.25) is 0 Å². The van der Waals surface area contributed by atoms with Crippen molar-refractivity contribution in [2.24, 2.45) is 5.41 Å². The zero-order valence-corrected chi connectivity index (χ0v) is 8.50. The first-order valence-corrected chi connectivity index (χ1v) is 4.81. The van der Waals surface area contributed by atoms with Gasteiger partial charge in [0.25, 0.3) is 0 Å². The average Bonchev–Trinajstić information content (AvgIpc) is 2.16. The zero-order valence-electron chi connectivity index (χ0n) is 8.50. The number of rotatable bonds is 0. The number of carbonyl (C=O) groups excluding carboxylic acids is 1. The van der Waals surface area contributed by atoms with Gasteiger partial charge in [0.15, 0.2) is 0 Å². The Morgan fingerprint density at radius 1 is 1.43 bits per heavy atom. The first kappa shape index (κ1) is 9.19. The van der Waals surface area contributed by atoms with Gasteiger partial charge in [-0.15, -0.1) is 0 Å². The maximum atomic E-state index is 11.5. The van der Waals surface area contributed by atoms with Crippen molar-refractivity contribution >= 4 is 11.6 Å². The van der Waals surface area contributed by atoms with Gasteiger partial charge in [0.05, 0.1) is 11.4 Å². The van der Waals surface area contributed by atoms with Gasteiger partial charge in [0, 0.05) is 12.6 Å². The smallest absolute Gasteiger partial charge is 0.224 e. The number of carbonyl (C=O) groups is 1. The summed E-state index contributed by atoms with van der Waals surface area (Å²) < 4.78 is 0. The Morgan fingerprint density at radius 2 is 2.21 bits per heavy atom. The second-order valence-corrected chi connectivity index (χ2v) is 4.56. The number of hydrogen-bond acceptors (Lipinski definition) is 2. The minimum Gasteiger partial charge on any atom is -0.324 e. The van der Waals surface area contributed by atoms with Gasteiger partial charge in [-0.25, -0.2) is 0 Å². The van der Waals surface area contributed by atoms with Gasteiger partial charge >= 0.3 is 0 Å². The van der Waals surface area contributed by atoms with Gasteiger partial charge in [-0.3, -0.25) is 9.78 Å². The van der Waals surface area contributed by atoms with Crippen molar-refractivity contribution in [3.8, 4) is 0 Å². The molecule has 1 N–H and O–H groups in total. The van der Waals surface area contributed by atoms with Crippen LogP contribution in [0.1, 0.15) is 26.0 Å². The normalized spacial score (nSPS) is 19.4. The first-order valence-electron chi connectivity index (χ1n) is 4.81. The molecule has 74 valence electrons. The number of anilines is 1. The summed E-state index contributed by atoms with van der Waals surface area (Å²) in [7, 11) is 0. The summed E-state index contributed by atoms with van der Waals surface area (Å²) in [5.41, 5.74) is 1.86. The lowest BCUT2D eigenvalue weighted by atomic mass is 9.85. The lowest BCUT2D eigenvalue weighted by Gasteiger charge is -2.19. The number of hydrogen-bond donors (Lipinski definition) is 1. The molecule has 1 amide bonds. The Morgan fingerprint density at radius 3 is 3.00 bits per heavy atom. The Kier molecular flexibility index (Phi) is 2.02. The summed E-state index contributed by atoms with van der Waals surface area (Å²) in [6.45, 7) is 4.19. The van der Waals surface area contributed by atoms with Crippen LogP contribution in [0.25, 0.3) is 0 Å². The molecule has 0 saturated heterocycles. The highest BCUT2D eigenvalue weighted by Crippen LogP contribution is 2.31. The summed E-state index contributed by atoms with van der Waals surface area (Å²) >= 11 is 0. The largest absolute Gasteiger partial charge is 0.324 e. The SMILES string of the molecule is CC1(C)CC(=O)Nc2cccnc2C1. The third-order valence-corrected chi connectivity index (χ3v) is 2.45. The van der Waals surface area contributed by atoms with E-state index in [-0.39, 0.29) is 11.3 Å². The van der Waals surface area contributed by atoms with Crippen LogP contribution in [-0.4, -0.2) is 10.9 Å². The van der Waals surface area contributed by atoms with Gasteiger partial charge < -0.3 is 5.32 Å². The minimum atomic E-state index is 0.00366. The van der Waals surface area contributed by atoms with Crippen LogP contribution in [0.3, 0.4) is 0 Å². The maximum absolute atomic E-state index is 11.5. The maximum Gasteiger partial charge on any atom is 0.224 e. The van der Waals surface area contributed by atoms with Crippen LogP contribution in [-0.2, 0) is 11.2 Å². The summed E-state index contributed by atoms with van der Waals surface area (Å²) in [5.74, 6) is 0.0850. The molecule has 0 atom stereocenters. The van der Waals surface area contributed by atoms with Crippen molar-refractivity contribution in [3.63, 3.8) is 0 Å². The van der Waals surface area contributed by atoms with Gasteiger partial charge in [0.2, 0.25) is 5.91 Å². The molecule has 2 rings (SSSR count). The van der Waals surface area contributed by atoms with Crippen LogP contribution < -0.4 is 5.32 Å². The Balaban J connectivity index is 2.42. The van der Waals surface area contributed by atoms with Gasteiger partial charge in [-0.05, 0) is 24.0 Å². The van der Waals surface area contributed by atoms with Gasteiger partial charge in [0.1, 0.15) is 0 Å². The monoisotopic (exact) mass is 190 g/mol. The second-order valence-electron chi connectivity index (χ2n) is 4.56. The molecule has 1 aliphatic rings. The number of nitrogens with one attached hydrogen (secondary N) is 1. The molecule has 0 bridgehead atoms. The fourth-order valence-corrected chi connectivity index (χ4v) is 1.84. The number of pyridine rings is 1. The average molecular weight is 190 g/mol. The van der Waals surface area contributed by atoms with Gasteiger partial charge in [-0.1, -0.05) is 13.8 Å². The van der Waals surface area contributed by atoms with Crippen LogP contribution >= 0.6 is 0 Å². The quantitative estimate of drug-likeness (QED) is 0.679. The summed E-state index contributed by atoms with van der Waals surface area (Å²) in [5, 5.41) is 2.88. The summed E-state index contributed by atoms with van der Waals surface area (Å²) in [6.07, 6.45) is 3.18. The lowest BCUT2D eigenvalue weighted by molar-refractivity contribution is -0.117. The highest BCUT2D eigenvalue weighted by atomic mass is 16.1. The standard InChI is InChI=1S/C11H14N2O/c1-11(2)6-9-8(4-3-5-12-9)13-10(14)7-11/h3-5H,6-7H2,1-2H3,(H,13,14). The van der Waals surface area contributed by atoms with E-state index in [1.807, 2.05) is 12.1 Å². The molecule has 0 saturated carbocycles. The second kappa shape index (κ2) is 3.08. The van der Waals surface area contributed by atoms with Crippen molar-refractivity contribution in [1.29, 1.82) is 0 Å². The Bertz CT molecular complexity index is 371. The third kappa shape index (κ3) is 1.76.